The summed E-state index contributed by atoms with van der Waals surface area (Å²) in [6.45, 7) is 9.65. The fraction of sp³-hybridized carbons (Fsp3) is 0.609. The molecule has 2 amide bonds. The van der Waals surface area contributed by atoms with Gasteiger partial charge >= 0.3 is 5.97 Å². The second-order valence-corrected chi connectivity index (χ2v) is 9.07. The molecule has 6 nitrogen and oxygen atoms in total. The zero-order chi connectivity index (χ0) is 21.6. The lowest BCUT2D eigenvalue weighted by Gasteiger charge is -2.29. The molecule has 1 saturated carbocycles. The van der Waals surface area contributed by atoms with E-state index in [0.29, 0.717) is 11.5 Å². The van der Waals surface area contributed by atoms with Gasteiger partial charge in [-0.3, -0.25) is 9.59 Å². The molecular weight excluding hydrogens is 368 g/mol. The van der Waals surface area contributed by atoms with Crippen LogP contribution < -0.4 is 10.6 Å². The molecule has 0 heterocycles. The van der Waals surface area contributed by atoms with Crippen LogP contribution in [0.4, 0.5) is 0 Å². The number of nitrogens with one attached hydrogen (secondary N) is 2. The molecule has 0 radical (unpaired) electrons. The third-order valence-electron chi connectivity index (χ3n) is 5.52. The molecule has 29 heavy (non-hydrogen) atoms. The number of carbonyl (C=O) groups excluding carboxylic acids is 3. The maximum Gasteiger partial charge on any atom is 0.328 e. The molecule has 0 bridgehead atoms. The summed E-state index contributed by atoms with van der Waals surface area (Å²) in [5.74, 6) is -0.841. The van der Waals surface area contributed by atoms with Gasteiger partial charge in [0, 0.05) is 11.6 Å². The van der Waals surface area contributed by atoms with Crippen molar-refractivity contribution in [3.8, 4) is 0 Å². The Balaban J connectivity index is 1.79. The Hall–Kier alpha value is -2.37. The van der Waals surface area contributed by atoms with E-state index in [1.807, 2.05) is 12.1 Å². The molecule has 0 aliphatic heterocycles. The molecule has 0 aromatic heterocycles. The molecule has 0 saturated heterocycles. The van der Waals surface area contributed by atoms with Crippen molar-refractivity contribution in [3.63, 3.8) is 0 Å². The third kappa shape index (κ3) is 6.87. The topological polar surface area (TPSA) is 84.5 Å². The summed E-state index contributed by atoms with van der Waals surface area (Å²) in [6.07, 6.45) is 4.36. The lowest BCUT2D eigenvalue weighted by atomic mass is 9.86. The smallest absolute Gasteiger partial charge is 0.328 e. The van der Waals surface area contributed by atoms with Crippen LogP contribution >= 0.6 is 0 Å². The third-order valence-corrected chi connectivity index (χ3v) is 5.52. The van der Waals surface area contributed by atoms with Gasteiger partial charge in [0.2, 0.25) is 0 Å². The van der Waals surface area contributed by atoms with E-state index in [1.54, 1.807) is 19.1 Å². The highest BCUT2D eigenvalue weighted by molar-refractivity contribution is 5.96. The Kier molecular flexibility index (Phi) is 7.82. The molecule has 1 aromatic carbocycles. The normalized spacial score (nSPS) is 20.4. The van der Waals surface area contributed by atoms with Crippen molar-refractivity contribution in [2.24, 2.45) is 5.92 Å². The minimum absolute atomic E-state index is 0.00208. The van der Waals surface area contributed by atoms with Gasteiger partial charge in [-0.05, 0) is 48.8 Å². The van der Waals surface area contributed by atoms with Gasteiger partial charge in [0.1, 0.15) is 6.04 Å². The zero-order valence-corrected chi connectivity index (χ0v) is 18.2. The Labute approximate surface area is 173 Å². The highest BCUT2D eigenvalue weighted by atomic mass is 16.5. The standard InChI is InChI=1S/C23H34N2O4/c1-15-8-6-7-9-19(15)25-20(26)14-29-22(28)16(2)24-21(27)17-10-12-18(13-11-17)23(3,4)5/h10-13,15-16,19H,6-9,14H2,1-5H3,(H,24,27)(H,25,26)/t15-,16+,19+/m1/s1. The predicted molar refractivity (Wildman–Crippen MR) is 113 cm³/mol. The summed E-state index contributed by atoms with van der Waals surface area (Å²) >= 11 is 0. The average molecular weight is 403 g/mol. The number of esters is 1. The fourth-order valence-corrected chi connectivity index (χ4v) is 3.50. The van der Waals surface area contributed by atoms with Crippen molar-refractivity contribution < 1.29 is 19.1 Å². The van der Waals surface area contributed by atoms with E-state index in [9.17, 15) is 14.4 Å². The van der Waals surface area contributed by atoms with Crippen LogP contribution in [-0.2, 0) is 19.7 Å². The van der Waals surface area contributed by atoms with Crippen molar-refractivity contribution in [2.75, 3.05) is 6.61 Å². The van der Waals surface area contributed by atoms with Gasteiger partial charge in [-0.2, -0.15) is 0 Å². The Morgan fingerprint density at radius 1 is 1.10 bits per heavy atom. The largest absolute Gasteiger partial charge is 0.454 e. The Bertz CT molecular complexity index is 721. The van der Waals surface area contributed by atoms with Crippen LogP contribution in [0.2, 0.25) is 0 Å². The first-order valence-electron chi connectivity index (χ1n) is 10.5. The fourth-order valence-electron chi connectivity index (χ4n) is 3.50. The van der Waals surface area contributed by atoms with E-state index in [4.69, 9.17) is 4.74 Å². The molecule has 1 fully saturated rings. The van der Waals surface area contributed by atoms with Gasteiger partial charge in [-0.15, -0.1) is 0 Å². The molecule has 2 N–H and O–H groups in total. The van der Waals surface area contributed by atoms with Gasteiger partial charge in [-0.25, -0.2) is 4.79 Å². The molecule has 0 unspecified atom stereocenters. The number of benzene rings is 1. The zero-order valence-electron chi connectivity index (χ0n) is 18.2. The Morgan fingerprint density at radius 3 is 2.31 bits per heavy atom. The molecule has 0 spiro atoms. The number of hydrogen-bond acceptors (Lipinski definition) is 4. The molecule has 1 aliphatic carbocycles. The SMILES string of the molecule is C[C@H](NC(=O)c1ccc(C(C)(C)C)cc1)C(=O)OCC(=O)N[C@H]1CCCC[C@H]1C. The van der Waals surface area contributed by atoms with E-state index in [1.165, 1.54) is 6.42 Å². The summed E-state index contributed by atoms with van der Waals surface area (Å²) < 4.78 is 5.08. The van der Waals surface area contributed by atoms with Crippen molar-refractivity contribution in [2.45, 2.75) is 77.8 Å². The predicted octanol–water partition coefficient (Wildman–Crippen LogP) is 3.34. The van der Waals surface area contributed by atoms with E-state index in [2.05, 4.69) is 38.3 Å². The molecule has 1 aliphatic rings. The van der Waals surface area contributed by atoms with Crippen molar-refractivity contribution >= 4 is 17.8 Å². The lowest BCUT2D eigenvalue weighted by Crippen LogP contribution is -2.44. The van der Waals surface area contributed by atoms with Crippen LogP contribution in [0.15, 0.2) is 24.3 Å². The van der Waals surface area contributed by atoms with Crippen LogP contribution in [0.3, 0.4) is 0 Å². The molecule has 160 valence electrons. The van der Waals surface area contributed by atoms with Crippen molar-refractivity contribution in [1.82, 2.24) is 10.6 Å². The first kappa shape index (κ1) is 22.9. The van der Waals surface area contributed by atoms with Gasteiger partial charge in [-0.1, -0.05) is 52.7 Å². The van der Waals surface area contributed by atoms with Gasteiger partial charge < -0.3 is 15.4 Å². The number of carbonyl (C=O) groups is 3. The van der Waals surface area contributed by atoms with Crippen LogP contribution in [0.25, 0.3) is 0 Å². The molecule has 2 rings (SSSR count). The number of rotatable bonds is 6. The van der Waals surface area contributed by atoms with Crippen LogP contribution in [-0.4, -0.2) is 36.5 Å². The monoisotopic (exact) mass is 402 g/mol. The molecule has 3 atom stereocenters. The van der Waals surface area contributed by atoms with Crippen molar-refractivity contribution in [1.29, 1.82) is 0 Å². The van der Waals surface area contributed by atoms with E-state index >= 15 is 0 Å². The minimum Gasteiger partial charge on any atom is -0.454 e. The van der Waals surface area contributed by atoms with Crippen LogP contribution in [0.5, 0.6) is 0 Å². The summed E-state index contributed by atoms with van der Waals surface area (Å²) in [4.78, 5) is 36.6. The quantitative estimate of drug-likeness (QED) is 0.715. The lowest BCUT2D eigenvalue weighted by molar-refractivity contribution is -0.150. The minimum atomic E-state index is -0.841. The second kappa shape index (κ2) is 9.90. The molecule has 1 aromatic rings. The van der Waals surface area contributed by atoms with E-state index < -0.39 is 12.0 Å². The number of ether oxygens (including phenoxy) is 1. The Morgan fingerprint density at radius 2 is 1.72 bits per heavy atom. The van der Waals surface area contributed by atoms with Gasteiger partial charge in [0.25, 0.3) is 11.8 Å². The summed E-state index contributed by atoms with van der Waals surface area (Å²) in [5, 5.41) is 5.56. The van der Waals surface area contributed by atoms with Crippen LogP contribution in [0, 0.1) is 5.92 Å². The molecular formula is C23H34N2O4. The first-order chi connectivity index (χ1) is 13.6. The average Bonchev–Trinajstić information content (AvgIpc) is 2.67. The summed E-state index contributed by atoms with van der Waals surface area (Å²) in [5.41, 5.74) is 1.60. The van der Waals surface area contributed by atoms with Crippen molar-refractivity contribution in [3.05, 3.63) is 35.4 Å². The maximum atomic E-state index is 12.4. The van der Waals surface area contributed by atoms with Crippen LogP contribution in [0.1, 0.15) is 76.2 Å². The first-order valence-corrected chi connectivity index (χ1v) is 10.5. The second-order valence-electron chi connectivity index (χ2n) is 9.07. The summed E-state index contributed by atoms with van der Waals surface area (Å²) in [7, 11) is 0. The highest BCUT2D eigenvalue weighted by Crippen LogP contribution is 2.24. The highest BCUT2D eigenvalue weighted by Gasteiger charge is 2.24. The van der Waals surface area contributed by atoms with E-state index in [-0.39, 0.29) is 29.9 Å². The number of amides is 2. The van der Waals surface area contributed by atoms with Gasteiger partial charge in [0.15, 0.2) is 6.61 Å². The molecule has 6 heteroatoms. The van der Waals surface area contributed by atoms with Gasteiger partial charge in [0.05, 0.1) is 0 Å². The maximum absolute atomic E-state index is 12.4. The summed E-state index contributed by atoms with van der Waals surface area (Å²) in [6, 6.07) is 6.61. The number of hydrogen-bond donors (Lipinski definition) is 2. The van der Waals surface area contributed by atoms with E-state index in [0.717, 1.165) is 24.8 Å².